The van der Waals surface area contributed by atoms with Gasteiger partial charge in [-0.25, -0.2) is 4.98 Å². The Morgan fingerprint density at radius 3 is 1.87 bits per heavy atom. The van der Waals surface area contributed by atoms with Crippen LogP contribution < -0.4 is 9.30 Å². The van der Waals surface area contributed by atoms with E-state index in [0.29, 0.717) is 28.3 Å². The van der Waals surface area contributed by atoms with Crippen LogP contribution in [-0.4, -0.2) is 14.1 Å². The molecule has 0 fully saturated rings. The first kappa shape index (κ1) is 48.2. The number of imidazole rings is 1. The van der Waals surface area contributed by atoms with Crippen LogP contribution in [-0.2, 0) is 48.1 Å². The van der Waals surface area contributed by atoms with Gasteiger partial charge in [-0.1, -0.05) is 180 Å². The van der Waals surface area contributed by atoms with Crippen molar-refractivity contribution in [1.82, 2.24) is 14.1 Å². The summed E-state index contributed by atoms with van der Waals surface area (Å²) < 4.78 is 67.0. The second-order valence-corrected chi connectivity index (χ2v) is 27.2. The predicted octanol–water partition coefficient (Wildman–Crippen LogP) is 19.4. The fourth-order valence-corrected chi connectivity index (χ4v) is 12.8. The topological polar surface area (TPSA) is 35.9 Å². The molecule has 0 N–H and O–H groups in total. The summed E-state index contributed by atoms with van der Waals surface area (Å²) >= 11 is 0. The molecule has 2 aliphatic rings. The number of nitrogens with zero attached hydrogens (tertiary/aromatic N) is 4. The maximum atomic E-state index is 8.95. The standard InChI is InChI=1S/C76H74N4O.Pt/c1-46-22-20-23-47(2)69(46)48-36-60-55-27-17-16-26-54(55)58-43-62-63(76(14,15)34-33-75(62,12)13)44-59(58)61-38-50(73(6,7)8)39-64(74(9,10)11)70(61)79-45-78(67(37-48)71(60)79)51-24-21-25-52(41-51)81-53-30-31-57-56-28-18-19-29-65(56)80(66(57)42-53)68-40-49(32-35-77-68)72(3,4)5;/h16-32,35-40,43-44H,33-34H2,1-15H3;/q-2;/i1D3,2D3;. The molecule has 5 nitrogen and oxygen atoms in total. The van der Waals surface area contributed by atoms with Crippen LogP contribution in [0.3, 0.4) is 0 Å². The van der Waals surface area contributed by atoms with Crippen LogP contribution in [0.15, 0.2) is 152 Å². The Labute approximate surface area is 508 Å². The molecule has 11 aromatic rings. The van der Waals surface area contributed by atoms with E-state index in [0.717, 1.165) is 96.2 Å². The van der Waals surface area contributed by atoms with Crippen molar-refractivity contribution in [2.75, 3.05) is 0 Å². The maximum absolute atomic E-state index is 8.95. The summed E-state index contributed by atoms with van der Waals surface area (Å²) in [6.07, 6.45) is 7.92. The third-order valence-corrected chi connectivity index (χ3v) is 17.5. The average molecular weight is 1260 g/mol. The number of aromatic nitrogens is 4. The van der Waals surface area contributed by atoms with Gasteiger partial charge in [0.05, 0.1) is 16.7 Å². The number of rotatable bonds is 5. The van der Waals surface area contributed by atoms with Gasteiger partial charge in [0.2, 0.25) is 0 Å². The first-order valence-electron chi connectivity index (χ1n) is 31.6. The normalized spacial score (nSPS) is 15.9. The number of hydrogen-bond acceptors (Lipinski definition) is 2. The molecule has 3 aromatic heterocycles. The Balaban J connectivity index is 0.00000754. The largest absolute Gasteiger partial charge is 0.510 e. The number of hydrogen-bond donors (Lipinski definition) is 0. The molecule has 82 heavy (non-hydrogen) atoms. The Bertz CT molecular complexity index is 4620. The summed E-state index contributed by atoms with van der Waals surface area (Å²) in [6.45, 7) is 24.5. The molecule has 0 saturated carbocycles. The van der Waals surface area contributed by atoms with E-state index in [1.807, 2.05) is 53.2 Å². The van der Waals surface area contributed by atoms with Crippen LogP contribution in [0.4, 0.5) is 0 Å². The Morgan fingerprint density at radius 1 is 0.561 bits per heavy atom. The fourth-order valence-electron chi connectivity index (χ4n) is 12.8. The minimum atomic E-state index is -2.66. The Morgan fingerprint density at radius 2 is 1.20 bits per heavy atom. The van der Waals surface area contributed by atoms with Gasteiger partial charge in [-0.15, -0.1) is 29.7 Å². The second-order valence-electron chi connectivity index (χ2n) is 27.2. The minimum Gasteiger partial charge on any atom is -0.510 e. The monoisotopic (exact) mass is 1260 g/mol. The molecular weight excluding hydrogens is 1180 g/mol. The molecule has 4 heterocycles. The molecule has 6 heteroatoms. The molecule has 416 valence electrons. The zero-order valence-electron chi connectivity index (χ0n) is 55.4. The smallest absolute Gasteiger partial charge is 0.268 e. The van der Waals surface area contributed by atoms with Crippen molar-refractivity contribution in [1.29, 1.82) is 0 Å². The molecular formula is C76H74N4OPt-2. The van der Waals surface area contributed by atoms with E-state index in [4.69, 9.17) is 17.9 Å². The van der Waals surface area contributed by atoms with Gasteiger partial charge in [0.1, 0.15) is 5.82 Å². The molecule has 1 aliphatic carbocycles. The van der Waals surface area contributed by atoms with Crippen LogP contribution in [0.1, 0.15) is 150 Å². The maximum Gasteiger partial charge on any atom is 0.268 e. The minimum absolute atomic E-state index is 0. The summed E-state index contributed by atoms with van der Waals surface area (Å²) in [6, 6.07) is 56.5. The van der Waals surface area contributed by atoms with E-state index >= 15 is 0 Å². The van der Waals surface area contributed by atoms with E-state index < -0.39 is 19.1 Å². The number of para-hydroxylation sites is 1. The van der Waals surface area contributed by atoms with Gasteiger partial charge in [0.15, 0.2) is 0 Å². The SMILES string of the molecule is [2H]C([2H])([2H])c1cccc(C([2H])([2H])[2H])c1-c1cc2c3c(c1)n(-c1[c-]c(Oc4[c-]c5c(cc4)c4ccccc4n5-c4cc(C(C)(C)C)ccn4)ccc1)[c-][n+]3-c1c(cc(C(C)(C)C)cc1C(C)(C)C)-c1cc3c(cc1-c1ccccc1-2)C(C)(C)CCC3(C)C.[Pt]. The van der Waals surface area contributed by atoms with Crippen molar-refractivity contribution >= 4 is 32.8 Å². The van der Waals surface area contributed by atoms with Gasteiger partial charge in [-0.05, 0) is 178 Å². The van der Waals surface area contributed by atoms with Crippen molar-refractivity contribution in [3.05, 3.63) is 209 Å². The van der Waals surface area contributed by atoms with Crippen LogP contribution in [0.5, 0.6) is 11.5 Å². The molecule has 0 atom stereocenters. The van der Waals surface area contributed by atoms with Crippen molar-refractivity contribution in [2.24, 2.45) is 0 Å². The van der Waals surface area contributed by atoms with E-state index in [-0.39, 0.29) is 59.4 Å². The van der Waals surface area contributed by atoms with Gasteiger partial charge < -0.3 is 13.9 Å². The number of pyridine rings is 1. The third-order valence-electron chi connectivity index (χ3n) is 17.5. The zero-order chi connectivity index (χ0) is 61.9. The quantitative estimate of drug-likeness (QED) is 0.127. The van der Waals surface area contributed by atoms with Crippen molar-refractivity contribution in [3.8, 4) is 73.2 Å². The summed E-state index contributed by atoms with van der Waals surface area (Å²) in [5.41, 5.74) is 16.5. The van der Waals surface area contributed by atoms with Gasteiger partial charge in [0.25, 0.3) is 6.33 Å². The van der Waals surface area contributed by atoms with E-state index in [2.05, 4.69) is 203 Å². The molecule has 0 unspecified atom stereocenters. The number of benzene rings is 8. The van der Waals surface area contributed by atoms with E-state index in [1.165, 1.54) is 28.8 Å². The molecule has 0 spiro atoms. The average Bonchev–Trinajstić information content (AvgIpc) is 1.46. The fraction of sp³-hybridized carbons (Fsp3) is 0.289. The summed E-state index contributed by atoms with van der Waals surface area (Å²) in [5, 5.41) is 2.09. The van der Waals surface area contributed by atoms with Crippen molar-refractivity contribution < 1.29 is 38.6 Å². The van der Waals surface area contributed by atoms with E-state index in [9.17, 15) is 0 Å². The third kappa shape index (κ3) is 9.09. The number of ether oxygens (including phenoxy) is 1. The van der Waals surface area contributed by atoms with Crippen LogP contribution in [0.2, 0.25) is 0 Å². The molecule has 0 bridgehead atoms. The van der Waals surface area contributed by atoms with Crippen molar-refractivity contribution in [3.63, 3.8) is 0 Å². The summed E-state index contributed by atoms with van der Waals surface area (Å²) in [7, 11) is 0. The van der Waals surface area contributed by atoms with Crippen molar-refractivity contribution in [2.45, 2.75) is 144 Å². The first-order valence-corrected chi connectivity index (χ1v) is 28.6. The number of aryl methyl sites for hydroxylation is 2. The molecule has 8 aromatic carbocycles. The second kappa shape index (κ2) is 19.4. The van der Waals surface area contributed by atoms with Gasteiger partial charge >= 0.3 is 0 Å². The van der Waals surface area contributed by atoms with E-state index in [1.54, 1.807) is 6.07 Å². The zero-order valence-corrected chi connectivity index (χ0v) is 51.6. The molecule has 0 amide bonds. The molecule has 0 radical (unpaired) electrons. The first-order chi connectivity index (χ1) is 40.8. The molecule has 13 rings (SSSR count). The van der Waals surface area contributed by atoms with Crippen LogP contribution in [0, 0.1) is 32.2 Å². The predicted molar refractivity (Wildman–Crippen MR) is 336 cm³/mol. The Hall–Kier alpha value is -7.33. The molecule has 0 saturated heterocycles. The van der Waals surface area contributed by atoms with Crippen LogP contribution >= 0.6 is 0 Å². The molecule has 1 aliphatic heterocycles. The Kier molecular flexibility index (Phi) is 11.4. The van der Waals surface area contributed by atoms with Gasteiger partial charge in [-0.3, -0.25) is 4.57 Å². The van der Waals surface area contributed by atoms with Crippen LogP contribution in [0.25, 0.3) is 94.5 Å². The van der Waals surface area contributed by atoms with Gasteiger partial charge in [0, 0.05) is 52.5 Å². The number of fused-ring (bicyclic) bond motifs is 11. The summed E-state index contributed by atoms with van der Waals surface area (Å²) in [4.78, 5) is 4.91. The van der Waals surface area contributed by atoms with Gasteiger partial charge in [-0.2, -0.15) is 18.2 Å². The summed E-state index contributed by atoms with van der Waals surface area (Å²) in [5.74, 6) is 1.69.